The van der Waals surface area contributed by atoms with Gasteiger partial charge in [0.2, 0.25) is 0 Å². The average Bonchev–Trinajstić information content (AvgIpc) is 3.34. The van der Waals surface area contributed by atoms with Crippen LogP contribution >= 0.6 is 0 Å². The van der Waals surface area contributed by atoms with Crippen molar-refractivity contribution in [1.82, 2.24) is 0 Å². The second-order valence-corrected chi connectivity index (χ2v) is 20.6. The van der Waals surface area contributed by atoms with Gasteiger partial charge >= 0.3 is 17.9 Å². The monoisotopic (exact) mass is 957 g/mol. The van der Waals surface area contributed by atoms with E-state index in [-0.39, 0.29) is 31.1 Å². The van der Waals surface area contributed by atoms with Crippen LogP contribution in [0.15, 0.2) is 24.3 Å². The van der Waals surface area contributed by atoms with E-state index in [4.69, 9.17) is 14.2 Å². The van der Waals surface area contributed by atoms with Crippen LogP contribution in [0.5, 0.6) is 0 Å². The summed E-state index contributed by atoms with van der Waals surface area (Å²) in [4.78, 5) is 37.9. The Morgan fingerprint density at radius 2 is 0.529 bits per heavy atom. The first-order chi connectivity index (χ1) is 33.5. The Labute approximate surface area is 423 Å². The highest BCUT2D eigenvalue weighted by Gasteiger charge is 2.19. The molecule has 68 heavy (non-hydrogen) atoms. The molecule has 0 amide bonds. The first-order valence-electron chi connectivity index (χ1n) is 30.3. The zero-order valence-electron chi connectivity index (χ0n) is 45.9. The molecule has 6 nitrogen and oxygen atoms in total. The van der Waals surface area contributed by atoms with Gasteiger partial charge in [0.1, 0.15) is 13.2 Å². The number of carbonyl (C=O) groups is 3. The third-order valence-electron chi connectivity index (χ3n) is 13.7. The molecule has 0 saturated carbocycles. The van der Waals surface area contributed by atoms with E-state index in [0.29, 0.717) is 19.3 Å². The molecule has 0 bridgehead atoms. The first-order valence-corrected chi connectivity index (χ1v) is 30.3. The van der Waals surface area contributed by atoms with Crippen molar-refractivity contribution in [3.8, 4) is 0 Å². The van der Waals surface area contributed by atoms with E-state index < -0.39 is 6.10 Å². The lowest BCUT2D eigenvalue weighted by Crippen LogP contribution is -2.30. The number of hydrogen-bond donors (Lipinski definition) is 0. The van der Waals surface area contributed by atoms with Gasteiger partial charge in [-0.15, -0.1) is 0 Å². The smallest absolute Gasteiger partial charge is 0.306 e. The Morgan fingerprint density at radius 3 is 0.809 bits per heavy atom. The van der Waals surface area contributed by atoms with Gasteiger partial charge in [0.15, 0.2) is 6.10 Å². The quantitative estimate of drug-likeness (QED) is 0.0262. The fourth-order valence-corrected chi connectivity index (χ4v) is 9.12. The molecule has 0 aromatic heterocycles. The van der Waals surface area contributed by atoms with Crippen LogP contribution in [0.3, 0.4) is 0 Å². The van der Waals surface area contributed by atoms with Gasteiger partial charge in [0.05, 0.1) is 0 Å². The van der Waals surface area contributed by atoms with E-state index in [9.17, 15) is 14.4 Å². The zero-order chi connectivity index (χ0) is 49.3. The second-order valence-electron chi connectivity index (χ2n) is 20.6. The highest BCUT2D eigenvalue weighted by atomic mass is 16.6. The van der Waals surface area contributed by atoms with Crippen molar-refractivity contribution in [3.63, 3.8) is 0 Å². The van der Waals surface area contributed by atoms with Gasteiger partial charge in [-0.1, -0.05) is 289 Å². The highest BCUT2D eigenvalue weighted by Crippen LogP contribution is 2.17. The zero-order valence-corrected chi connectivity index (χ0v) is 45.9. The SMILES string of the molecule is CCCCCCC/C=C\C/C=C\CCCCCCCCCCCCCCCCCCCCCC(=O)OCC(COC(=O)CCCCCCCCCC)OC(=O)CCCCCCCCCCCCC. The van der Waals surface area contributed by atoms with Crippen molar-refractivity contribution < 1.29 is 28.6 Å². The molecule has 6 heteroatoms. The summed E-state index contributed by atoms with van der Waals surface area (Å²) in [6.07, 6.45) is 67.9. The summed E-state index contributed by atoms with van der Waals surface area (Å²) in [6.45, 7) is 6.63. The number of unbranched alkanes of at least 4 members (excludes halogenated alkanes) is 41. The number of hydrogen-bond acceptors (Lipinski definition) is 6. The maximum atomic E-state index is 12.8. The van der Waals surface area contributed by atoms with Crippen molar-refractivity contribution in [3.05, 3.63) is 24.3 Å². The fraction of sp³-hybridized carbons (Fsp3) is 0.887. The predicted molar refractivity (Wildman–Crippen MR) is 293 cm³/mol. The van der Waals surface area contributed by atoms with Crippen LogP contribution < -0.4 is 0 Å². The fourth-order valence-electron chi connectivity index (χ4n) is 9.12. The largest absolute Gasteiger partial charge is 0.462 e. The van der Waals surface area contributed by atoms with Crippen LogP contribution in [-0.2, 0) is 28.6 Å². The molecule has 0 radical (unpaired) electrons. The van der Waals surface area contributed by atoms with Gasteiger partial charge in [-0.3, -0.25) is 14.4 Å². The average molecular weight is 958 g/mol. The molecular weight excluding hydrogens is 841 g/mol. The maximum Gasteiger partial charge on any atom is 0.306 e. The normalized spacial score (nSPS) is 12.1. The Kier molecular flexibility index (Phi) is 55.7. The minimum atomic E-state index is -0.762. The van der Waals surface area contributed by atoms with E-state index in [1.54, 1.807) is 0 Å². The van der Waals surface area contributed by atoms with Gasteiger partial charge in [-0.2, -0.15) is 0 Å². The van der Waals surface area contributed by atoms with Crippen LogP contribution in [0.4, 0.5) is 0 Å². The number of esters is 3. The summed E-state index contributed by atoms with van der Waals surface area (Å²) >= 11 is 0. The van der Waals surface area contributed by atoms with E-state index in [0.717, 1.165) is 64.2 Å². The lowest BCUT2D eigenvalue weighted by atomic mass is 10.0. The summed E-state index contributed by atoms with van der Waals surface area (Å²) in [5.74, 6) is -0.851. The van der Waals surface area contributed by atoms with Crippen LogP contribution in [0.2, 0.25) is 0 Å². The minimum Gasteiger partial charge on any atom is -0.462 e. The number of ether oxygens (including phenoxy) is 3. The summed E-state index contributed by atoms with van der Waals surface area (Å²) in [7, 11) is 0. The van der Waals surface area contributed by atoms with Crippen LogP contribution in [0.1, 0.15) is 335 Å². The second kappa shape index (κ2) is 57.5. The molecule has 0 aliphatic carbocycles. The van der Waals surface area contributed by atoms with Crippen molar-refractivity contribution in [2.75, 3.05) is 13.2 Å². The minimum absolute atomic E-state index is 0.0648. The summed E-state index contributed by atoms with van der Waals surface area (Å²) < 4.78 is 16.8. The van der Waals surface area contributed by atoms with E-state index in [1.165, 1.54) is 231 Å². The summed E-state index contributed by atoms with van der Waals surface area (Å²) in [6, 6.07) is 0. The molecule has 0 saturated heterocycles. The molecule has 0 N–H and O–H groups in total. The van der Waals surface area contributed by atoms with Gasteiger partial charge in [-0.25, -0.2) is 0 Å². The van der Waals surface area contributed by atoms with Crippen molar-refractivity contribution in [2.24, 2.45) is 0 Å². The summed E-state index contributed by atoms with van der Waals surface area (Å²) in [5.41, 5.74) is 0. The van der Waals surface area contributed by atoms with Crippen molar-refractivity contribution in [1.29, 1.82) is 0 Å². The van der Waals surface area contributed by atoms with Gasteiger partial charge in [0.25, 0.3) is 0 Å². The topological polar surface area (TPSA) is 78.9 Å². The number of allylic oxidation sites excluding steroid dienone is 4. The number of carbonyl (C=O) groups excluding carboxylic acids is 3. The van der Waals surface area contributed by atoms with Gasteiger partial charge in [-0.05, 0) is 51.4 Å². The third-order valence-corrected chi connectivity index (χ3v) is 13.7. The maximum absolute atomic E-state index is 12.8. The first kappa shape index (κ1) is 65.9. The van der Waals surface area contributed by atoms with E-state index in [1.807, 2.05) is 0 Å². The van der Waals surface area contributed by atoms with Crippen LogP contribution in [-0.4, -0.2) is 37.2 Å². The lowest BCUT2D eigenvalue weighted by Gasteiger charge is -2.18. The molecule has 1 atom stereocenters. The van der Waals surface area contributed by atoms with E-state index >= 15 is 0 Å². The summed E-state index contributed by atoms with van der Waals surface area (Å²) in [5, 5.41) is 0. The Hall–Kier alpha value is -2.11. The van der Waals surface area contributed by atoms with Gasteiger partial charge in [0, 0.05) is 19.3 Å². The molecule has 0 aliphatic heterocycles. The van der Waals surface area contributed by atoms with Crippen molar-refractivity contribution in [2.45, 2.75) is 341 Å². The third kappa shape index (κ3) is 54.8. The molecule has 0 aliphatic rings. The van der Waals surface area contributed by atoms with Crippen LogP contribution in [0, 0.1) is 0 Å². The van der Waals surface area contributed by atoms with Crippen LogP contribution in [0.25, 0.3) is 0 Å². The molecule has 0 spiro atoms. The molecule has 0 heterocycles. The Morgan fingerprint density at radius 1 is 0.294 bits per heavy atom. The molecule has 1 unspecified atom stereocenters. The van der Waals surface area contributed by atoms with Crippen molar-refractivity contribution >= 4 is 17.9 Å². The standard InChI is InChI=1S/C62H116O6/c1-4-7-10-13-16-19-21-22-23-24-25-26-27-28-29-30-31-32-33-34-35-36-37-38-39-40-42-43-46-49-52-55-61(64)67-58-59(57-66-60(63)54-51-48-45-18-15-12-9-6-3)68-62(65)56-53-50-47-44-41-20-17-14-11-8-5-2/h21-22,24-25,59H,4-20,23,26-58H2,1-3H3/b22-21-,25-24-. The molecule has 0 aromatic carbocycles. The number of rotatable bonds is 56. The molecule has 400 valence electrons. The van der Waals surface area contributed by atoms with Gasteiger partial charge < -0.3 is 14.2 Å². The molecular formula is C62H116O6. The van der Waals surface area contributed by atoms with E-state index in [2.05, 4.69) is 45.1 Å². The Bertz CT molecular complexity index is 1100. The molecule has 0 fully saturated rings. The lowest BCUT2D eigenvalue weighted by molar-refractivity contribution is -0.167. The molecule has 0 rings (SSSR count). The highest BCUT2D eigenvalue weighted by molar-refractivity contribution is 5.71. The predicted octanol–water partition coefficient (Wildman–Crippen LogP) is 20.3. The molecule has 0 aromatic rings. The Balaban J connectivity index is 3.95.